The Balaban J connectivity index is 1.80. The lowest BCUT2D eigenvalue weighted by Gasteiger charge is -2.13. The number of hydrogen-bond acceptors (Lipinski definition) is 3. The van der Waals surface area contributed by atoms with Crippen LogP contribution in [0.15, 0.2) is 59.7 Å². The highest BCUT2D eigenvalue weighted by Gasteiger charge is 2.19. The molecule has 0 saturated carbocycles. The number of halogens is 2. The van der Waals surface area contributed by atoms with E-state index in [2.05, 4.69) is 10.5 Å². The molecule has 0 aliphatic carbocycles. The van der Waals surface area contributed by atoms with E-state index < -0.39 is 6.10 Å². The Hall–Kier alpha value is -2.60. The van der Waals surface area contributed by atoms with Crippen LogP contribution in [-0.4, -0.2) is 23.8 Å². The van der Waals surface area contributed by atoms with E-state index in [1.807, 2.05) is 66.9 Å². The minimum absolute atomic E-state index is 0.346. The van der Waals surface area contributed by atoms with Crippen molar-refractivity contribution in [2.45, 2.75) is 20.0 Å². The van der Waals surface area contributed by atoms with Gasteiger partial charge in [-0.25, -0.2) is 5.43 Å². The predicted octanol–water partition coefficient (Wildman–Crippen LogP) is 5.24. The van der Waals surface area contributed by atoms with Crippen LogP contribution in [0.4, 0.5) is 0 Å². The van der Waals surface area contributed by atoms with Crippen LogP contribution < -0.4 is 5.43 Å². The lowest BCUT2D eigenvalue weighted by atomic mass is 10.1. The molecule has 0 bridgehead atoms. The fourth-order valence-corrected chi connectivity index (χ4v) is 3.58. The number of rotatable bonds is 6. The molecule has 0 unspecified atom stereocenters. The Morgan fingerprint density at radius 3 is 2.55 bits per heavy atom. The van der Waals surface area contributed by atoms with E-state index in [1.54, 1.807) is 12.3 Å². The number of carbonyl (C=O) groups excluding carboxylic acids is 1. The molecule has 1 aromatic heterocycles. The molecule has 1 heterocycles. The summed E-state index contributed by atoms with van der Waals surface area (Å²) in [6.07, 6.45) is 0.874. The van der Waals surface area contributed by atoms with Crippen molar-refractivity contribution in [2.24, 2.45) is 5.10 Å². The van der Waals surface area contributed by atoms with E-state index in [9.17, 15) is 4.79 Å². The molecule has 150 valence electrons. The van der Waals surface area contributed by atoms with Crippen LogP contribution >= 0.6 is 23.2 Å². The Labute approximate surface area is 179 Å². The van der Waals surface area contributed by atoms with Gasteiger partial charge in [-0.3, -0.25) is 4.79 Å². The van der Waals surface area contributed by atoms with Gasteiger partial charge < -0.3 is 9.30 Å². The summed E-state index contributed by atoms with van der Waals surface area (Å²) in [7, 11) is 1.49. The maximum Gasteiger partial charge on any atom is 0.273 e. The molecule has 1 amide bonds. The number of methoxy groups -OCH3 is 1. The van der Waals surface area contributed by atoms with Gasteiger partial charge in [0.15, 0.2) is 6.10 Å². The van der Waals surface area contributed by atoms with E-state index in [0.717, 1.165) is 28.2 Å². The second-order valence-electron chi connectivity index (χ2n) is 6.50. The highest BCUT2D eigenvalue weighted by atomic mass is 35.5. The molecule has 0 aliphatic rings. The molecule has 7 heteroatoms. The molecule has 0 radical (unpaired) electrons. The number of aryl methyl sites for hydroxylation is 1. The van der Waals surface area contributed by atoms with Crippen molar-refractivity contribution in [1.29, 1.82) is 0 Å². The number of amides is 1. The molecule has 0 fully saturated rings. The second-order valence-corrected chi connectivity index (χ2v) is 7.28. The molecule has 29 heavy (non-hydrogen) atoms. The third kappa shape index (κ3) is 4.53. The van der Waals surface area contributed by atoms with Gasteiger partial charge in [0, 0.05) is 24.1 Å². The van der Waals surface area contributed by atoms with Gasteiger partial charge in [-0.15, -0.1) is 0 Å². The lowest BCUT2D eigenvalue weighted by Crippen LogP contribution is -2.26. The first-order valence-electron chi connectivity index (χ1n) is 8.98. The zero-order valence-corrected chi connectivity index (χ0v) is 17.8. The number of aromatic nitrogens is 1. The maximum absolute atomic E-state index is 12.4. The molecule has 0 saturated heterocycles. The third-order valence-electron chi connectivity index (χ3n) is 4.60. The summed E-state index contributed by atoms with van der Waals surface area (Å²) in [4.78, 5) is 12.4. The van der Waals surface area contributed by atoms with Crippen molar-refractivity contribution in [3.05, 3.63) is 87.2 Å². The van der Waals surface area contributed by atoms with Gasteiger partial charge in [-0.05, 0) is 37.6 Å². The van der Waals surface area contributed by atoms with Crippen LogP contribution in [0.5, 0.6) is 0 Å². The quantitative estimate of drug-likeness (QED) is 0.430. The van der Waals surface area contributed by atoms with Gasteiger partial charge in [0.05, 0.1) is 21.9 Å². The number of nitrogens with one attached hydrogen (secondary N) is 1. The average molecular weight is 430 g/mol. The SMILES string of the molecule is CO[C@H](C(=O)N/N=C\c1cc(C)n(-c2cccc(Cl)c2Cl)c1C)c1ccccc1. The van der Waals surface area contributed by atoms with Crippen molar-refractivity contribution < 1.29 is 9.53 Å². The number of benzene rings is 2. The van der Waals surface area contributed by atoms with Crippen molar-refractivity contribution in [3.8, 4) is 5.69 Å². The van der Waals surface area contributed by atoms with E-state index in [4.69, 9.17) is 27.9 Å². The van der Waals surface area contributed by atoms with E-state index >= 15 is 0 Å². The molecule has 3 rings (SSSR count). The monoisotopic (exact) mass is 429 g/mol. The zero-order valence-electron chi connectivity index (χ0n) is 16.3. The van der Waals surface area contributed by atoms with Crippen LogP contribution in [0.1, 0.15) is 28.6 Å². The molecular weight excluding hydrogens is 409 g/mol. The summed E-state index contributed by atoms with van der Waals surface area (Å²) in [5.74, 6) is -0.346. The van der Waals surface area contributed by atoms with Crippen LogP contribution in [-0.2, 0) is 9.53 Å². The first kappa shape index (κ1) is 21.1. The average Bonchev–Trinajstić information content (AvgIpc) is 2.99. The van der Waals surface area contributed by atoms with Gasteiger partial charge in [-0.2, -0.15) is 5.10 Å². The Bertz CT molecular complexity index is 1050. The van der Waals surface area contributed by atoms with Crippen molar-refractivity contribution >= 4 is 35.3 Å². The van der Waals surface area contributed by atoms with Gasteiger partial charge in [0.1, 0.15) is 0 Å². The van der Waals surface area contributed by atoms with E-state index in [-0.39, 0.29) is 5.91 Å². The summed E-state index contributed by atoms with van der Waals surface area (Å²) in [5.41, 5.74) is 6.85. The molecule has 1 atom stereocenters. The molecule has 0 spiro atoms. The Kier molecular flexibility index (Phi) is 6.75. The molecule has 0 aliphatic heterocycles. The first-order chi connectivity index (χ1) is 13.9. The zero-order chi connectivity index (χ0) is 21.0. The standard InChI is InChI=1S/C22H21Cl2N3O2/c1-14-12-17(15(2)27(14)19-11-7-10-18(23)20(19)24)13-25-26-22(28)21(29-3)16-8-5-4-6-9-16/h4-13,21H,1-3H3,(H,26,28)/b25-13-/t21-/m0/s1. The van der Waals surface area contributed by atoms with Gasteiger partial charge >= 0.3 is 0 Å². The number of ether oxygens (including phenoxy) is 1. The van der Waals surface area contributed by atoms with Crippen molar-refractivity contribution in [1.82, 2.24) is 9.99 Å². The lowest BCUT2D eigenvalue weighted by molar-refractivity contribution is -0.131. The molecule has 1 N–H and O–H groups in total. The van der Waals surface area contributed by atoms with E-state index in [0.29, 0.717) is 10.0 Å². The van der Waals surface area contributed by atoms with E-state index in [1.165, 1.54) is 7.11 Å². The summed E-state index contributed by atoms with van der Waals surface area (Å²) < 4.78 is 7.31. The van der Waals surface area contributed by atoms with Crippen molar-refractivity contribution in [2.75, 3.05) is 7.11 Å². The minimum atomic E-state index is -0.731. The molecule has 2 aromatic carbocycles. The first-order valence-corrected chi connectivity index (χ1v) is 9.73. The highest BCUT2D eigenvalue weighted by Crippen LogP contribution is 2.31. The van der Waals surface area contributed by atoms with Gasteiger partial charge in [0.25, 0.3) is 5.91 Å². The molecule has 3 aromatic rings. The summed E-state index contributed by atoms with van der Waals surface area (Å²) in [6, 6.07) is 16.7. The predicted molar refractivity (Wildman–Crippen MR) is 117 cm³/mol. The summed E-state index contributed by atoms with van der Waals surface area (Å²) in [6.45, 7) is 3.92. The van der Waals surface area contributed by atoms with Crippen LogP contribution in [0.2, 0.25) is 10.0 Å². The summed E-state index contributed by atoms with van der Waals surface area (Å²) in [5, 5.41) is 5.08. The smallest absolute Gasteiger partial charge is 0.273 e. The normalized spacial score (nSPS) is 12.3. The Morgan fingerprint density at radius 1 is 1.14 bits per heavy atom. The maximum atomic E-state index is 12.4. The minimum Gasteiger partial charge on any atom is -0.367 e. The fourth-order valence-electron chi connectivity index (χ4n) is 3.20. The Morgan fingerprint density at radius 2 is 1.86 bits per heavy atom. The van der Waals surface area contributed by atoms with Gasteiger partial charge in [0.2, 0.25) is 0 Å². The fraction of sp³-hybridized carbons (Fsp3) is 0.182. The van der Waals surface area contributed by atoms with Crippen LogP contribution in [0.3, 0.4) is 0 Å². The highest BCUT2D eigenvalue weighted by molar-refractivity contribution is 6.43. The number of hydrogen-bond donors (Lipinski definition) is 1. The van der Waals surface area contributed by atoms with Crippen LogP contribution in [0, 0.1) is 13.8 Å². The number of nitrogens with zero attached hydrogens (tertiary/aromatic N) is 2. The third-order valence-corrected chi connectivity index (χ3v) is 5.41. The molecular formula is C22H21Cl2N3O2. The van der Waals surface area contributed by atoms with Crippen LogP contribution in [0.25, 0.3) is 5.69 Å². The largest absolute Gasteiger partial charge is 0.367 e. The number of carbonyl (C=O) groups is 1. The topological polar surface area (TPSA) is 55.6 Å². The van der Waals surface area contributed by atoms with Crippen molar-refractivity contribution in [3.63, 3.8) is 0 Å². The molecule has 5 nitrogen and oxygen atoms in total. The number of hydrazone groups is 1. The summed E-state index contributed by atoms with van der Waals surface area (Å²) >= 11 is 12.5. The second kappa shape index (κ2) is 9.27. The van der Waals surface area contributed by atoms with Gasteiger partial charge in [-0.1, -0.05) is 59.6 Å².